The minimum absolute atomic E-state index is 0.102. The molecule has 0 spiro atoms. The predicted octanol–water partition coefficient (Wildman–Crippen LogP) is 4.05. The Morgan fingerprint density at radius 3 is 2.48 bits per heavy atom. The molecule has 0 amide bonds. The van der Waals surface area contributed by atoms with Gasteiger partial charge in [-0.1, -0.05) is 45.9 Å². The van der Waals surface area contributed by atoms with Crippen molar-refractivity contribution in [3.63, 3.8) is 0 Å². The maximum Gasteiger partial charge on any atom is 0.126 e. The molecule has 120 valence electrons. The van der Waals surface area contributed by atoms with Gasteiger partial charge in [0.2, 0.25) is 0 Å². The number of hydrogen-bond acceptors (Lipinski definition) is 2. The molecule has 0 aliphatic carbocycles. The van der Waals surface area contributed by atoms with Gasteiger partial charge in [-0.15, -0.1) is 0 Å². The Hall–Kier alpha value is -0.930. The van der Waals surface area contributed by atoms with Crippen LogP contribution in [0.3, 0.4) is 0 Å². The number of nitrogens with one attached hydrogen (secondary N) is 1. The summed E-state index contributed by atoms with van der Waals surface area (Å²) in [6.07, 6.45) is 1.72. The van der Waals surface area contributed by atoms with Crippen LogP contribution in [0.1, 0.15) is 39.7 Å². The fourth-order valence-electron chi connectivity index (χ4n) is 2.22. The van der Waals surface area contributed by atoms with Crippen molar-refractivity contribution < 1.29 is 9.13 Å². The first-order valence-electron chi connectivity index (χ1n) is 8.03. The van der Waals surface area contributed by atoms with Crippen LogP contribution >= 0.6 is 0 Å². The monoisotopic (exact) mass is 295 g/mol. The fraction of sp³-hybridized carbons (Fsp3) is 0.667. The van der Waals surface area contributed by atoms with Crippen LogP contribution in [0.2, 0.25) is 0 Å². The van der Waals surface area contributed by atoms with E-state index < -0.39 is 0 Å². The van der Waals surface area contributed by atoms with Gasteiger partial charge in [0, 0.05) is 19.3 Å². The molecule has 1 aromatic rings. The van der Waals surface area contributed by atoms with Crippen molar-refractivity contribution in [3.8, 4) is 0 Å². The highest BCUT2D eigenvalue weighted by molar-refractivity contribution is 5.17. The van der Waals surface area contributed by atoms with Crippen molar-refractivity contribution >= 4 is 0 Å². The summed E-state index contributed by atoms with van der Waals surface area (Å²) in [5.41, 5.74) is 0.803. The number of rotatable bonds is 10. The zero-order valence-corrected chi connectivity index (χ0v) is 13.9. The van der Waals surface area contributed by atoms with E-state index in [2.05, 4.69) is 33.0 Å². The van der Waals surface area contributed by atoms with E-state index in [1.54, 1.807) is 6.07 Å². The van der Waals surface area contributed by atoms with Crippen LogP contribution in [0.5, 0.6) is 0 Å². The Morgan fingerprint density at radius 1 is 1.14 bits per heavy atom. The third-order valence-electron chi connectivity index (χ3n) is 3.40. The number of halogens is 1. The minimum atomic E-state index is -0.102. The average Bonchev–Trinajstić information content (AvgIpc) is 2.42. The summed E-state index contributed by atoms with van der Waals surface area (Å²) < 4.78 is 19.5. The highest BCUT2D eigenvalue weighted by Crippen LogP contribution is 2.15. The van der Waals surface area contributed by atoms with E-state index in [0.29, 0.717) is 17.9 Å². The van der Waals surface area contributed by atoms with Gasteiger partial charge in [0.15, 0.2) is 0 Å². The lowest BCUT2D eigenvalue weighted by molar-refractivity contribution is 0.0972. The first kappa shape index (κ1) is 18.1. The van der Waals surface area contributed by atoms with E-state index in [9.17, 15) is 4.39 Å². The molecule has 0 saturated carbocycles. The first-order chi connectivity index (χ1) is 9.99. The number of hydrogen-bond donors (Lipinski definition) is 1. The van der Waals surface area contributed by atoms with Crippen LogP contribution in [-0.2, 0) is 11.2 Å². The summed E-state index contributed by atoms with van der Waals surface area (Å²) in [5, 5.41) is 3.46. The highest BCUT2D eigenvalue weighted by Gasteiger charge is 2.13. The molecule has 1 aromatic carbocycles. The van der Waals surface area contributed by atoms with Crippen LogP contribution < -0.4 is 5.32 Å². The zero-order chi connectivity index (χ0) is 15.7. The summed E-state index contributed by atoms with van der Waals surface area (Å²) in [7, 11) is 0. The molecule has 0 aliphatic heterocycles. The molecular weight excluding hydrogens is 265 g/mol. The molecule has 0 aromatic heterocycles. The van der Waals surface area contributed by atoms with Gasteiger partial charge in [-0.05, 0) is 42.9 Å². The second-order valence-corrected chi connectivity index (χ2v) is 6.48. The molecule has 1 atom stereocenters. The summed E-state index contributed by atoms with van der Waals surface area (Å²) in [4.78, 5) is 0. The van der Waals surface area contributed by atoms with Crippen LogP contribution in [-0.4, -0.2) is 25.8 Å². The van der Waals surface area contributed by atoms with E-state index in [-0.39, 0.29) is 5.82 Å². The summed E-state index contributed by atoms with van der Waals surface area (Å²) in [6, 6.07) is 7.52. The molecule has 1 rings (SSSR count). The maximum absolute atomic E-state index is 13.8. The number of ether oxygens (including phenoxy) is 1. The molecule has 0 fully saturated rings. The lowest BCUT2D eigenvalue weighted by Crippen LogP contribution is -2.30. The van der Waals surface area contributed by atoms with Gasteiger partial charge >= 0.3 is 0 Å². The first-order valence-corrected chi connectivity index (χ1v) is 8.03. The summed E-state index contributed by atoms with van der Waals surface area (Å²) >= 11 is 0. The van der Waals surface area contributed by atoms with E-state index in [4.69, 9.17) is 4.74 Å². The van der Waals surface area contributed by atoms with Gasteiger partial charge in [0.25, 0.3) is 0 Å². The van der Waals surface area contributed by atoms with Gasteiger partial charge < -0.3 is 10.1 Å². The van der Waals surface area contributed by atoms with Crippen LogP contribution in [0.4, 0.5) is 4.39 Å². The van der Waals surface area contributed by atoms with Crippen molar-refractivity contribution in [1.29, 1.82) is 0 Å². The SMILES string of the molecule is CC(C)COCCC(CNC(C)C)Cc1ccccc1F. The second kappa shape index (κ2) is 9.91. The fourth-order valence-corrected chi connectivity index (χ4v) is 2.22. The Bertz CT molecular complexity index is 393. The normalized spacial score (nSPS) is 13.1. The molecule has 0 radical (unpaired) electrons. The molecule has 0 heterocycles. The van der Waals surface area contributed by atoms with Crippen LogP contribution in [0.15, 0.2) is 24.3 Å². The molecule has 2 nitrogen and oxygen atoms in total. The van der Waals surface area contributed by atoms with Crippen molar-refractivity contribution in [2.75, 3.05) is 19.8 Å². The standard InChI is InChI=1S/C18H30FNO/c1-14(2)13-21-10-9-16(12-20-15(3)4)11-17-7-5-6-8-18(17)19/h5-8,14-16,20H,9-13H2,1-4H3. The van der Waals surface area contributed by atoms with Crippen LogP contribution in [0, 0.1) is 17.7 Å². The zero-order valence-electron chi connectivity index (χ0n) is 13.9. The number of benzene rings is 1. The minimum Gasteiger partial charge on any atom is -0.381 e. The largest absolute Gasteiger partial charge is 0.381 e. The molecule has 0 bridgehead atoms. The van der Waals surface area contributed by atoms with Crippen molar-refractivity contribution in [3.05, 3.63) is 35.6 Å². The molecule has 3 heteroatoms. The molecule has 0 aliphatic rings. The highest BCUT2D eigenvalue weighted by atomic mass is 19.1. The predicted molar refractivity (Wildman–Crippen MR) is 87.0 cm³/mol. The second-order valence-electron chi connectivity index (χ2n) is 6.48. The third kappa shape index (κ3) is 8.18. The van der Waals surface area contributed by atoms with E-state index in [1.165, 1.54) is 6.07 Å². The lowest BCUT2D eigenvalue weighted by Gasteiger charge is -2.20. The van der Waals surface area contributed by atoms with Crippen molar-refractivity contribution in [2.45, 2.75) is 46.6 Å². The molecular formula is C18H30FNO. The Labute approximate surface area is 129 Å². The molecule has 0 saturated heterocycles. The van der Waals surface area contributed by atoms with Crippen molar-refractivity contribution in [2.24, 2.45) is 11.8 Å². The van der Waals surface area contributed by atoms with E-state index in [1.807, 2.05) is 12.1 Å². The quantitative estimate of drug-likeness (QED) is 0.658. The smallest absolute Gasteiger partial charge is 0.126 e. The van der Waals surface area contributed by atoms with Gasteiger partial charge in [0.05, 0.1) is 0 Å². The van der Waals surface area contributed by atoms with E-state index in [0.717, 1.165) is 38.2 Å². The topological polar surface area (TPSA) is 21.3 Å². The maximum atomic E-state index is 13.8. The van der Waals surface area contributed by atoms with Crippen LogP contribution in [0.25, 0.3) is 0 Å². The average molecular weight is 295 g/mol. The Kier molecular flexibility index (Phi) is 8.55. The molecule has 1 N–H and O–H groups in total. The summed E-state index contributed by atoms with van der Waals surface area (Å²) in [5.74, 6) is 0.857. The Morgan fingerprint density at radius 2 is 1.86 bits per heavy atom. The van der Waals surface area contributed by atoms with Gasteiger partial charge in [-0.25, -0.2) is 4.39 Å². The third-order valence-corrected chi connectivity index (χ3v) is 3.40. The summed E-state index contributed by atoms with van der Waals surface area (Å²) in [6.45, 7) is 11.0. The molecule has 21 heavy (non-hydrogen) atoms. The van der Waals surface area contributed by atoms with Gasteiger partial charge in [-0.3, -0.25) is 0 Å². The Balaban J connectivity index is 2.49. The van der Waals surface area contributed by atoms with E-state index >= 15 is 0 Å². The lowest BCUT2D eigenvalue weighted by atomic mass is 9.95. The van der Waals surface area contributed by atoms with Crippen molar-refractivity contribution in [1.82, 2.24) is 5.32 Å². The van der Waals surface area contributed by atoms with Gasteiger partial charge in [0.1, 0.15) is 5.82 Å². The van der Waals surface area contributed by atoms with Gasteiger partial charge in [-0.2, -0.15) is 0 Å². The molecule has 1 unspecified atom stereocenters.